The number of para-hydroxylation sites is 1. The molecule has 0 radical (unpaired) electrons. The molecule has 0 aliphatic carbocycles. The number of likely N-dealkylation sites (N-methyl/N-ethyl adjacent to an activating group) is 1. The third kappa shape index (κ3) is 6.87. The van der Waals surface area contributed by atoms with E-state index in [1.54, 1.807) is 36.4 Å². The molecular weight excluding hydrogens is 492 g/mol. The first kappa shape index (κ1) is 26.2. The Morgan fingerprint density at radius 1 is 0.892 bits per heavy atom. The van der Waals surface area contributed by atoms with Gasteiger partial charge in [0, 0.05) is 37.4 Å². The summed E-state index contributed by atoms with van der Waals surface area (Å²) < 4.78 is 33.4. The first-order chi connectivity index (χ1) is 17.7. The zero-order valence-corrected chi connectivity index (χ0v) is 21.6. The molecule has 0 saturated carbocycles. The second-order valence-electron chi connectivity index (χ2n) is 8.90. The highest BCUT2D eigenvalue weighted by atomic mass is 32.2. The van der Waals surface area contributed by atoms with E-state index in [-0.39, 0.29) is 23.3 Å². The third-order valence-electron chi connectivity index (χ3n) is 6.10. The van der Waals surface area contributed by atoms with Crippen LogP contribution in [0.1, 0.15) is 15.9 Å². The fraction of sp³-hybridized carbons (Fsp3) is 0.259. The van der Waals surface area contributed by atoms with Gasteiger partial charge in [-0.3, -0.25) is 14.3 Å². The molecule has 0 atom stereocenters. The van der Waals surface area contributed by atoms with Gasteiger partial charge >= 0.3 is 0 Å². The molecule has 1 aliphatic heterocycles. The number of sulfonamides is 1. The first-order valence-electron chi connectivity index (χ1n) is 11.9. The number of ether oxygens (including phenoxy) is 1. The van der Waals surface area contributed by atoms with Crippen LogP contribution in [0.25, 0.3) is 0 Å². The van der Waals surface area contributed by atoms with Gasteiger partial charge in [-0.25, -0.2) is 8.42 Å². The molecule has 3 aromatic carbocycles. The molecule has 4 rings (SSSR count). The molecule has 0 unspecified atom stereocenters. The van der Waals surface area contributed by atoms with Gasteiger partial charge in [0.1, 0.15) is 5.75 Å². The zero-order chi connectivity index (χ0) is 26.4. The summed E-state index contributed by atoms with van der Waals surface area (Å²) in [5, 5.41) is 2.73. The lowest BCUT2D eigenvalue weighted by atomic mass is 10.1. The van der Waals surface area contributed by atoms with Crippen molar-refractivity contribution >= 4 is 33.2 Å². The molecule has 0 spiro atoms. The SMILES string of the molecule is Cc1ccccc1NS(=O)(=O)c1ccc(OCC(=O)Nc2ccc(C(=O)N3CCN(C)CC3)cc2)cc1. The van der Waals surface area contributed by atoms with Gasteiger partial charge in [0.05, 0.1) is 10.6 Å². The van der Waals surface area contributed by atoms with Crippen molar-refractivity contribution in [1.29, 1.82) is 0 Å². The Labute approximate surface area is 217 Å². The molecule has 0 bridgehead atoms. The molecule has 3 aromatic rings. The van der Waals surface area contributed by atoms with Crippen LogP contribution in [0.4, 0.5) is 11.4 Å². The monoisotopic (exact) mass is 522 g/mol. The maximum Gasteiger partial charge on any atom is 0.262 e. The van der Waals surface area contributed by atoms with Crippen molar-refractivity contribution < 1.29 is 22.7 Å². The average molecular weight is 523 g/mol. The normalized spacial score (nSPS) is 14.2. The molecule has 37 heavy (non-hydrogen) atoms. The second-order valence-corrected chi connectivity index (χ2v) is 10.6. The minimum atomic E-state index is -3.76. The van der Waals surface area contributed by atoms with Crippen molar-refractivity contribution in [2.45, 2.75) is 11.8 Å². The number of benzene rings is 3. The zero-order valence-electron chi connectivity index (χ0n) is 20.8. The second kappa shape index (κ2) is 11.4. The van der Waals surface area contributed by atoms with E-state index in [2.05, 4.69) is 14.9 Å². The summed E-state index contributed by atoms with van der Waals surface area (Å²) in [6, 6.07) is 19.7. The molecule has 2 N–H and O–H groups in total. The minimum Gasteiger partial charge on any atom is -0.484 e. The molecule has 9 nitrogen and oxygen atoms in total. The average Bonchev–Trinajstić information content (AvgIpc) is 2.89. The summed E-state index contributed by atoms with van der Waals surface area (Å²) in [7, 11) is -1.72. The fourth-order valence-corrected chi connectivity index (χ4v) is 4.97. The number of anilines is 2. The van der Waals surface area contributed by atoms with Gasteiger partial charge in [-0.05, 0) is 74.1 Å². The quantitative estimate of drug-likeness (QED) is 0.471. The topological polar surface area (TPSA) is 108 Å². The Kier molecular flexibility index (Phi) is 8.10. The number of rotatable bonds is 8. The van der Waals surface area contributed by atoms with E-state index < -0.39 is 10.0 Å². The maximum absolute atomic E-state index is 12.7. The number of amides is 2. The lowest BCUT2D eigenvalue weighted by Crippen LogP contribution is -2.47. The van der Waals surface area contributed by atoms with Crippen molar-refractivity contribution in [1.82, 2.24) is 9.80 Å². The van der Waals surface area contributed by atoms with Crippen LogP contribution < -0.4 is 14.8 Å². The molecular formula is C27H30N4O5S. The maximum atomic E-state index is 12.7. The number of nitrogens with one attached hydrogen (secondary N) is 2. The third-order valence-corrected chi connectivity index (χ3v) is 7.48. The van der Waals surface area contributed by atoms with Gasteiger partial charge < -0.3 is 19.9 Å². The summed E-state index contributed by atoms with van der Waals surface area (Å²) in [5.74, 6) is -0.0388. The lowest BCUT2D eigenvalue weighted by Gasteiger charge is -2.32. The summed E-state index contributed by atoms with van der Waals surface area (Å²) >= 11 is 0. The number of carbonyl (C=O) groups is 2. The van der Waals surface area contributed by atoms with E-state index in [1.165, 1.54) is 24.3 Å². The molecule has 1 aliphatic rings. The van der Waals surface area contributed by atoms with E-state index in [0.717, 1.165) is 18.7 Å². The number of piperazine rings is 1. The Morgan fingerprint density at radius 3 is 2.19 bits per heavy atom. The van der Waals surface area contributed by atoms with E-state index >= 15 is 0 Å². The smallest absolute Gasteiger partial charge is 0.262 e. The van der Waals surface area contributed by atoms with Crippen molar-refractivity contribution in [2.24, 2.45) is 0 Å². The van der Waals surface area contributed by atoms with E-state index in [1.807, 2.05) is 31.0 Å². The predicted molar refractivity (Wildman–Crippen MR) is 142 cm³/mol. The highest BCUT2D eigenvalue weighted by Crippen LogP contribution is 2.21. The van der Waals surface area contributed by atoms with Crippen LogP contribution in [0.15, 0.2) is 77.7 Å². The number of nitrogens with zero attached hydrogens (tertiary/aromatic N) is 2. The number of aryl methyl sites for hydroxylation is 1. The number of carbonyl (C=O) groups excluding carboxylic acids is 2. The molecule has 1 heterocycles. The number of hydrogen-bond acceptors (Lipinski definition) is 6. The van der Waals surface area contributed by atoms with Crippen LogP contribution in [0.2, 0.25) is 0 Å². The van der Waals surface area contributed by atoms with Crippen LogP contribution in [0, 0.1) is 6.92 Å². The van der Waals surface area contributed by atoms with Crippen molar-refractivity contribution in [2.75, 3.05) is 49.9 Å². The van der Waals surface area contributed by atoms with Crippen LogP contribution in [-0.2, 0) is 14.8 Å². The van der Waals surface area contributed by atoms with Crippen LogP contribution in [0.3, 0.4) is 0 Å². The van der Waals surface area contributed by atoms with Crippen molar-refractivity contribution in [3.05, 3.63) is 83.9 Å². The van der Waals surface area contributed by atoms with E-state index in [0.29, 0.717) is 35.8 Å². The Morgan fingerprint density at radius 2 is 1.54 bits per heavy atom. The van der Waals surface area contributed by atoms with Crippen LogP contribution >= 0.6 is 0 Å². The van der Waals surface area contributed by atoms with Crippen LogP contribution in [-0.4, -0.2) is 69.9 Å². The summed E-state index contributed by atoms with van der Waals surface area (Å²) in [6.45, 7) is 4.66. The molecule has 1 fully saturated rings. The summed E-state index contributed by atoms with van der Waals surface area (Å²) in [4.78, 5) is 29.1. The standard InChI is InChI=1S/C27H30N4O5S/c1-20-5-3-4-6-25(20)29-37(34,35)24-13-11-23(12-14-24)36-19-26(32)28-22-9-7-21(8-10-22)27(33)31-17-15-30(2)16-18-31/h3-14,29H,15-19H2,1-2H3,(H,28,32). The Bertz CT molecular complexity index is 1350. The Balaban J connectivity index is 1.27. The predicted octanol–water partition coefficient (Wildman–Crippen LogP) is 3.20. The van der Waals surface area contributed by atoms with Gasteiger partial charge in [-0.1, -0.05) is 18.2 Å². The Hall–Kier alpha value is -3.89. The van der Waals surface area contributed by atoms with Gasteiger partial charge in [0.2, 0.25) is 0 Å². The highest BCUT2D eigenvalue weighted by molar-refractivity contribution is 7.92. The van der Waals surface area contributed by atoms with Gasteiger partial charge in [-0.2, -0.15) is 0 Å². The van der Waals surface area contributed by atoms with Gasteiger partial charge in [0.25, 0.3) is 21.8 Å². The largest absolute Gasteiger partial charge is 0.484 e. The molecule has 194 valence electrons. The van der Waals surface area contributed by atoms with E-state index in [9.17, 15) is 18.0 Å². The van der Waals surface area contributed by atoms with Gasteiger partial charge in [-0.15, -0.1) is 0 Å². The molecule has 10 heteroatoms. The van der Waals surface area contributed by atoms with Crippen molar-refractivity contribution in [3.63, 3.8) is 0 Å². The molecule has 2 amide bonds. The lowest BCUT2D eigenvalue weighted by molar-refractivity contribution is -0.118. The fourth-order valence-electron chi connectivity index (χ4n) is 3.84. The van der Waals surface area contributed by atoms with Crippen LogP contribution in [0.5, 0.6) is 5.75 Å². The minimum absolute atomic E-state index is 0.0196. The van der Waals surface area contributed by atoms with Gasteiger partial charge in [0.15, 0.2) is 6.61 Å². The highest BCUT2D eigenvalue weighted by Gasteiger charge is 2.20. The molecule has 1 saturated heterocycles. The summed E-state index contributed by atoms with van der Waals surface area (Å²) in [5.41, 5.74) is 2.45. The summed E-state index contributed by atoms with van der Waals surface area (Å²) in [6.07, 6.45) is 0. The van der Waals surface area contributed by atoms with E-state index in [4.69, 9.17) is 4.74 Å². The number of hydrogen-bond donors (Lipinski definition) is 2. The molecule has 0 aromatic heterocycles. The van der Waals surface area contributed by atoms with Crippen molar-refractivity contribution in [3.8, 4) is 5.75 Å². The first-order valence-corrected chi connectivity index (χ1v) is 13.4.